The topological polar surface area (TPSA) is 30.5 Å². The number of nitrogens with one attached hydrogen (secondary N) is 1. The first kappa shape index (κ1) is 18.4. The third-order valence-corrected chi connectivity index (χ3v) is 5.08. The van der Waals surface area contributed by atoms with Crippen LogP contribution in [0.2, 0.25) is 5.02 Å². The molecular weight excluding hydrogens is 492 g/mol. The van der Waals surface area contributed by atoms with Crippen molar-refractivity contribution in [2.24, 2.45) is 0 Å². The van der Waals surface area contributed by atoms with Crippen LogP contribution in [0.4, 0.5) is 5.69 Å². The second kappa shape index (κ2) is 8.80. The fourth-order valence-electron chi connectivity index (χ4n) is 1.97. The average molecular weight is 509 g/mol. The highest BCUT2D eigenvalue weighted by molar-refractivity contribution is 14.1. The molecule has 23 heavy (non-hydrogen) atoms. The first-order chi connectivity index (χ1) is 11.0. The lowest BCUT2D eigenvalue weighted by Crippen LogP contribution is -2.03. The largest absolute Gasteiger partial charge is 0.493 e. The van der Waals surface area contributed by atoms with Crippen molar-refractivity contribution in [3.05, 3.63) is 61.6 Å². The molecule has 0 spiro atoms. The first-order valence-corrected chi connectivity index (χ1v) is 9.09. The summed E-state index contributed by atoms with van der Waals surface area (Å²) in [5, 5.41) is 4.03. The number of hydrogen-bond donors (Lipinski definition) is 1. The molecule has 2 aromatic rings. The van der Waals surface area contributed by atoms with Crippen LogP contribution in [0, 0.1) is 3.57 Å². The highest BCUT2D eigenvalue weighted by Crippen LogP contribution is 2.34. The quantitative estimate of drug-likeness (QED) is 0.374. The van der Waals surface area contributed by atoms with Gasteiger partial charge in [0.15, 0.2) is 11.5 Å². The molecular formula is C17H16BrClINO2. The first-order valence-electron chi connectivity index (χ1n) is 6.84. The zero-order valence-corrected chi connectivity index (χ0v) is 17.0. The van der Waals surface area contributed by atoms with Crippen LogP contribution in [0.1, 0.15) is 5.56 Å². The van der Waals surface area contributed by atoms with E-state index in [1.54, 1.807) is 13.2 Å². The third kappa shape index (κ3) is 5.02. The lowest BCUT2D eigenvalue weighted by molar-refractivity contribution is 0.324. The molecule has 0 saturated heterocycles. The van der Waals surface area contributed by atoms with Crippen LogP contribution in [0.3, 0.4) is 0 Å². The lowest BCUT2D eigenvalue weighted by atomic mass is 10.2. The Morgan fingerprint density at radius 3 is 2.78 bits per heavy atom. The summed E-state index contributed by atoms with van der Waals surface area (Å²) in [4.78, 5) is 0. The van der Waals surface area contributed by atoms with Crippen LogP contribution in [0.5, 0.6) is 11.5 Å². The number of rotatable bonds is 7. The van der Waals surface area contributed by atoms with Gasteiger partial charge in [0.25, 0.3) is 0 Å². The fourth-order valence-corrected chi connectivity index (χ4v) is 3.22. The van der Waals surface area contributed by atoms with Gasteiger partial charge in [0.2, 0.25) is 0 Å². The molecule has 0 aliphatic carbocycles. The number of ether oxygens (including phenoxy) is 2. The van der Waals surface area contributed by atoms with E-state index in [1.165, 1.54) is 0 Å². The van der Waals surface area contributed by atoms with Crippen molar-refractivity contribution in [3.8, 4) is 11.5 Å². The molecule has 0 fully saturated rings. The predicted molar refractivity (Wildman–Crippen MR) is 108 cm³/mol. The molecule has 0 radical (unpaired) electrons. The Hall–Kier alpha value is -0.920. The number of halogens is 3. The van der Waals surface area contributed by atoms with Gasteiger partial charge in [-0.25, -0.2) is 0 Å². The molecule has 2 rings (SSSR count). The Kier molecular flexibility index (Phi) is 7.05. The minimum Gasteiger partial charge on any atom is -0.493 e. The average Bonchev–Trinajstić information content (AvgIpc) is 2.54. The maximum Gasteiger partial charge on any atom is 0.174 e. The van der Waals surface area contributed by atoms with Crippen LogP contribution in [-0.4, -0.2) is 13.7 Å². The second-order valence-electron chi connectivity index (χ2n) is 4.69. The lowest BCUT2D eigenvalue weighted by Gasteiger charge is -2.14. The highest BCUT2D eigenvalue weighted by Gasteiger charge is 2.11. The monoisotopic (exact) mass is 507 g/mol. The summed E-state index contributed by atoms with van der Waals surface area (Å²) >= 11 is 11.7. The maximum absolute atomic E-state index is 6.11. The number of benzene rings is 2. The van der Waals surface area contributed by atoms with Gasteiger partial charge in [-0.1, -0.05) is 24.3 Å². The van der Waals surface area contributed by atoms with Crippen molar-refractivity contribution < 1.29 is 9.47 Å². The van der Waals surface area contributed by atoms with Crippen LogP contribution in [-0.2, 0) is 6.54 Å². The van der Waals surface area contributed by atoms with Crippen molar-refractivity contribution in [2.45, 2.75) is 6.54 Å². The van der Waals surface area contributed by atoms with Gasteiger partial charge in [0.1, 0.15) is 6.61 Å². The van der Waals surface area contributed by atoms with Gasteiger partial charge in [0.05, 0.1) is 15.7 Å². The summed E-state index contributed by atoms with van der Waals surface area (Å²) in [6.07, 6.45) is 1.71. The molecule has 0 amide bonds. The van der Waals surface area contributed by atoms with E-state index in [9.17, 15) is 0 Å². The van der Waals surface area contributed by atoms with Gasteiger partial charge in [-0.05, 0) is 74.4 Å². The minimum absolute atomic E-state index is 0.446. The summed E-state index contributed by atoms with van der Waals surface area (Å²) in [5.74, 6) is 1.45. The van der Waals surface area contributed by atoms with Crippen LogP contribution < -0.4 is 14.8 Å². The summed E-state index contributed by atoms with van der Waals surface area (Å²) in [6, 6.07) is 9.80. The SMILES string of the molecule is C=CCOc1c(I)cc(CNc2ccc(Br)c(Cl)c2)cc1OC. The zero-order valence-electron chi connectivity index (χ0n) is 12.5. The van der Waals surface area contributed by atoms with E-state index in [0.29, 0.717) is 23.9 Å². The maximum atomic E-state index is 6.11. The highest BCUT2D eigenvalue weighted by atomic mass is 127. The summed E-state index contributed by atoms with van der Waals surface area (Å²) in [6.45, 7) is 4.77. The van der Waals surface area contributed by atoms with Gasteiger partial charge in [-0.3, -0.25) is 0 Å². The molecule has 6 heteroatoms. The van der Waals surface area contributed by atoms with E-state index in [0.717, 1.165) is 25.0 Å². The fraction of sp³-hybridized carbons (Fsp3) is 0.176. The minimum atomic E-state index is 0.446. The normalized spacial score (nSPS) is 10.3. The molecule has 0 saturated carbocycles. The van der Waals surface area contributed by atoms with Crippen molar-refractivity contribution in [1.29, 1.82) is 0 Å². The molecule has 0 atom stereocenters. The van der Waals surface area contributed by atoms with Crippen molar-refractivity contribution in [1.82, 2.24) is 0 Å². The van der Waals surface area contributed by atoms with E-state index in [4.69, 9.17) is 21.1 Å². The molecule has 0 aliphatic rings. The number of methoxy groups -OCH3 is 1. The molecule has 1 N–H and O–H groups in total. The van der Waals surface area contributed by atoms with E-state index in [2.05, 4.69) is 56.5 Å². The summed E-state index contributed by atoms with van der Waals surface area (Å²) in [7, 11) is 1.64. The summed E-state index contributed by atoms with van der Waals surface area (Å²) in [5.41, 5.74) is 2.05. The van der Waals surface area contributed by atoms with Gasteiger partial charge < -0.3 is 14.8 Å². The third-order valence-electron chi connectivity index (χ3n) is 3.05. The van der Waals surface area contributed by atoms with E-state index < -0.39 is 0 Å². The second-order valence-corrected chi connectivity index (χ2v) is 7.11. The van der Waals surface area contributed by atoms with Gasteiger partial charge >= 0.3 is 0 Å². The Labute approximate surface area is 163 Å². The van der Waals surface area contributed by atoms with Crippen LogP contribution in [0.25, 0.3) is 0 Å². The van der Waals surface area contributed by atoms with E-state index in [-0.39, 0.29) is 0 Å². The molecule has 122 valence electrons. The van der Waals surface area contributed by atoms with Gasteiger partial charge in [-0.2, -0.15) is 0 Å². The standard InChI is InChI=1S/C17H16BrClINO2/c1-3-6-23-17-15(20)7-11(8-16(17)22-2)10-21-12-4-5-13(18)14(19)9-12/h3-5,7-9,21H,1,6,10H2,2H3. The molecule has 0 unspecified atom stereocenters. The molecule has 0 aromatic heterocycles. The molecule has 0 heterocycles. The molecule has 2 aromatic carbocycles. The van der Waals surface area contributed by atoms with Gasteiger partial charge in [-0.15, -0.1) is 0 Å². The van der Waals surface area contributed by atoms with Crippen LogP contribution >= 0.6 is 50.1 Å². The van der Waals surface area contributed by atoms with Crippen molar-refractivity contribution >= 4 is 55.8 Å². The molecule has 0 bridgehead atoms. The Bertz CT molecular complexity index is 709. The number of hydrogen-bond acceptors (Lipinski definition) is 3. The Morgan fingerprint density at radius 1 is 1.35 bits per heavy atom. The van der Waals surface area contributed by atoms with E-state index >= 15 is 0 Å². The van der Waals surface area contributed by atoms with Crippen molar-refractivity contribution in [2.75, 3.05) is 19.0 Å². The van der Waals surface area contributed by atoms with Crippen LogP contribution in [0.15, 0.2) is 47.5 Å². The molecule has 0 aliphatic heterocycles. The molecule has 3 nitrogen and oxygen atoms in total. The predicted octanol–water partition coefficient (Wildman–Crippen LogP) is 5.89. The van der Waals surface area contributed by atoms with E-state index in [1.807, 2.05) is 24.3 Å². The number of anilines is 1. The Balaban J connectivity index is 2.15. The Morgan fingerprint density at radius 2 is 2.13 bits per heavy atom. The van der Waals surface area contributed by atoms with Crippen molar-refractivity contribution in [3.63, 3.8) is 0 Å². The smallest absolute Gasteiger partial charge is 0.174 e. The zero-order chi connectivity index (χ0) is 16.8. The van der Waals surface area contributed by atoms with Gasteiger partial charge in [0, 0.05) is 16.7 Å². The summed E-state index contributed by atoms with van der Waals surface area (Å²) < 4.78 is 13.0.